The molecule has 1 unspecified atom stereocenters. The molecule has 1 aromatic rings. The van der Waals surface area contributed by atoms with Gasteiger partial charge in [0.2, 0.25) is 5.91 Å². The largest absolute Gasteiger partial charge is 0.494 e. The van der Waals surface area contributed by atoms with Crippen molar-refractivity contribution in [1.29, 1.82) is 0 Å². The topological polar surface area (TPSA) is 66.8 Å². The molecular formula is C19H27NO4. The quantitative estimate of drug-likeness (QED) is 0.778. The molecule has 1 N–H and O–H groups in total. The zero-order chi connectivity index (χ0) is 17.6. The lowest BCUT2D eigenvalue weighted by molar-refractivity contribution is -0.153. The molecule has 1 heterocycles. The summed E-state index contributed by atoms with van der Waals surface area (Å²) in [6, 6.07) is 7.91. The average Bonchev–Trinajstić information content (AvgIpc) is 2.54. The molecule has 0 radical (unpaired) electrons. The van der Waals surface area contributed by atoms with E-state index in [2.05, 4.69) is 0 Å². The maximum absolute atomic E-state index is 12.3. The molecule has 0 bridgehead atoms. The maximum Gasteiger partial charge on any atom is 0.311 e. The van der Waals surface area contributed by atoms with Crippen LogP contribution in [0.25, 0.3) is 0 Å². The molecule has 24 heavy (non-hydrogen) atoms. The molecule has 5 nitrogen and oxygen atoms in total. The lowest BCUT2D eigenvalue weighted by Crippen LogP contribution is -2.48. The fraction of sp³-hybridized carbons (Fsp3) is 0.579. The molecule has 1 saturated heterocycles. The second-order valence-corrected chi connectivity index (χ2v) is 6.91. The van der Waals surface area contributed by atoms with Crippen molar-refractivity contribution in [2.24, 2.45) is 5.41 Å². The number of likely N-dealkylation sites (tertiary alicyclic amines) is 1. The Balaban J connectivity index is 1.68. The zero-order valence-corrected chi connectivity index (χ0v) is 14.6. The monoisotopic (exact) mass is 333 g/mol. The molecule has 1 atom stereocenters. The number of ether oxygens (including phenoxy) is 1. The predicted octanol–water partition coefficient (Wildman–Crippen LogP) is 3.26. The fourth-order valence-electron chi connectivity index (χ4n) is 3.06. The number of carboxylic acids is 1. The van der Waals surface area contributed by atoms with Crippen LogP contribution in [-0.4, -0.2) is 41.6 Å². The molecule has 0 aliphatic carbocycles. The Morgan fingerprint density at radius 1 is 1.33 bits per heavy atom. The van der Waals surface area contributed by atoms with Crippen molar-refractivity contribution in [3.05, 3.63) is 29.8 Å². The normalized spacial score (nSPS) is 20.7. The van der Waals surface area contributed by atoms with E-state index in [1.54, 1.807) is 11.8 Å². The Bertz CT molecular complexity index is 586. The molecule has 0 saturated carbocycles. The SMILES string of the molecule is Cc1cccc(OCCCCC(=O)N2CCCC(C)(C(=O)O)C2)c1. The van der Waals surface area contributed by atoms with Gasteiger partial charge in [-0.1, -0.05) is 12.1 Å². The molecule has 1 amide bonds. The minimum absolute atomic E-state index is 0.0535. The van der Waals surface area contributed by atoms with Crippen molar-refractivity contribution in [3.63, 3.8) is 0 Å². The number of aliphatic carboxylic acids is 1. The van der Waals surface area contributed by atoms with E-state index in [0.29, 0.717) is 32.5 Å². The molecule has 5 heteroatoms. The van der Waals surface area contributed by atoms with Gasteiger partial charge in [-0.05, 0) is 57.2 Å². The number of aryl methyl sites for hydroxylation is 1. The van der Waals surface area contributed by atoms with E-state index in [-0.39, 0.29) is 5.91 Å². The Labute approximate surface area is 143 Å². The van der Waals surface area contributed by atoms with Crippen LogP contribution >= 0.6 is 0 Å². The minimum atomic E-state index is -0.813. The number of hydrogen-bond acceptors (Lipinski definition) is 3. The third-order valence-corrected chi connectivity index (χ3v) is 4.61. The molecule has 0 aromatic heterocycles. The molecule has 0 spiro atoms. The summed E-state index contributed by atoms with van der Waals surface area (Å²) in [5.41, 5.74) is 0.358. The molecule has 1 aliphatic heterocycles. The highest BCUT2D eigenvalue weighted by Gasteiger charge is 2.39. The lowest BCUT2D eigenvalue weighted by Gasteiger charge is -2.37. The summed E-state index contributed by atoms with van der Waals surface area (Å²) in [5.74, 6) is 0.0962. The third-order valence-electron chi connectivity index (χ3n) is 4.61. The van der Waals surface area contributed by atoms with Crippen LogP contribution in [0.3, 0.4) is 0 Å². The van der Waals surface area contributed by atoms with Crippen LogP contribution in [0.4, 0.5) is 0 Å². The number of benzene rings is 1. The average molecular weight is 333 g/mol. The van der Waals surface area contributed by atoms with E-state index in [0.717, 1.165) is 30.6 Å². The number of nitrogens with zero attached hydrogens (tertiary/aromatic N) is 1. The standard InChI is InChI=1S/C19H27NO4/c1-15-7-5-8-16(13-15)24-12-4-3-9-17(21)20-11-6-10-19(2,14-20)18(22)23/h5,7-8,13H,3-4,6,9-12,14H2,1-2H3,(H,22,23). The number of carboxylic acid groups (broad SMARTS) is 1. The molecule has 2 rings (SSSR count). The molecule has 1 aromatic carbocycles. The van der Waals surface area contributed by atoms with E-state index in [9.17, 15) is 14.7 Å². The van der Waals surface area contributed by atoms with E-state index < -0.39 is 11.4 Å². The highest BCUT2D eigenvalue weighted by Crippen LogP contribution is 2.30. The van der Waals surface area contributed by atoms with Gasteiger partial charge in [-0.25, -0.2) is 0 Å². The summed E-state index contributed by atoms with van der Waals surface area (Å²) in [6.45, 7) is 5.32. The van der Waals surface area contributed by atoms with Crippen LogP contribution in [0.1, 0.15) is 44.6 Å². The van der Waals surface area contributed by atoms with E-state index >= 15 is 0 Å². The maximum atomic E-state index is 12.3. The summed E-state index contributed by atoms with van der Waals surface area (Å²) >= 11 is 0. The number of carbonyl (C=O) groups excluding carboxylic acids is 1. The van der Waals surface area contributed by atoms with Crippen molar-refractivity contribution in [2.75, 3.05) is 19.7 Å². The third kappa shape index (κ3) is 4.98. The summed E-state index contributed by atoms with van der Waals surface area (Å²) in [4.78, 5) is 25.3. The second kappa shape index (κ2) is 8.18. The number of carbonyl (C=O) groups is 2. The van der Waals surface area contributed by atoms with Gasteiger partial charge >= 0.3 is 5.97 Å². The number of piperidine rings is 1. The molecule has 1 aliphatic rings. The van der Waals surface area contributed by atoms with Gasteiger partial charge in [-0.15, -0.1) is 0 Å². The first kappa shape index (κ1) is 18.3. The summed E-state index contributed by atoms with van der Waals surface area (Å²) in [6.07, 6.45) is 3.41. The van der Waals surface area contributed by atoms with Crippen LogP contribution in [0.5, 0.6) is 5.75 Å². The highest BCUT2D eigenvalue weighted by molar-refractivity contribution is 5.79. The van der Waals surface area contributed by atoms with Crippen molar-refractivity contribution in [3.8, 4) is 5.75 Å². The first-order valence-electron chi connectivity index (χ1n) is 8.61. The molecule has 1 fully saturated rings. The minimum Gasteiger partial charge on any atom is -0.494 e. The van der Waals surface area contributed by atoms with Gasteiger partial charge in [0.05, 0.1) is 12.0 Å². The molecular weight excluding hydrogens is 306 g/mol. The fourth-order valence-corrected chi connectivity index (χ4v) is 3.06. The lowest BCUT2D eigenvalue weighted by atomic mass is 9.82. The van der Waals surface area contributed by atoms with Gasteiger partial charge < -0.3 is 14.7 Å². The van der Waals surface area contributed by atoms with Crippen LogP contribution in [0.15, 0.2) is 24.3 Å². The van der Waals surface area contributed by atoms with Crippen LogP contribution in [-0.2, 0) is 9.59 Å². The number of amides is 1. The van der Waals surface area contributed by atoms with Gasteiger partial charge in [0.15, 0.2) is 0 Å². The predicted molar refractivity (Wildman–Crippen MR) is 92.1 cm³/mol. The van der Waals surface area contributed by atoms with Gasteiger partial charge in [-0.3, -0.25) is 9.59 Å². The Hall–Kier alpha value is -2.04. The zero-order valence-electron chi connectivity index (χ0n) is 14.6. The van der Waals surface area contributed by atoms with Crippen molar-refractivity contribution < 1.29 is 19.4 Å². The first-order valence-corrected chi connectivity index (χ1v) is 8.61. The Morgan fingerprint density at radius 3 is 2.83 bits per heavy atom. The Morgan fingerprint density at radius 2 is 2.12 bits per heavy atom. The number of unbranched alkanes of at least 4 members (excludes halogenated alkanes) is 1. The Kier molecular flexibility index (Phi) is 6.23. The number of hydrogen-bond donors (Lipinski definition) is 1. The van der Waals surface area contributed by atoms with Crippen LogP contribution in [0.2, 0.25) is 0 Å². The van der Waals surface area contributed by atoms with E-state index in [1.807, 2.05) is 31.2 Å². The smallest absolute Gasteiger partial charge is 0.311 e. The van der Waals surface area contributed by atoms with Gasteiger partial charge in [-0.2, -0.15) is 0 Å². The van der Waals surface area contributed by atoms with Gasteiger partial charge in [0.25, 0.3) is 0 Å². The van der Waals surface area contributed by atoms with Gasteiger partial charge in [0, 0.05) is 19.5 Å². The molecule has 132 valence electrons. The number of rotatable bonds is 7. The van der Waals surface area contributed by atoms with E-state index in [4.69, 9.17) is 4.74 Å². The van der Waals surface area contributed by atoms with Crippen molar-refractivity contribution in [2.45, 2.75) is 46.0 Å². The van der Waals surface area contributed by atoms with Crippen LogP contribution < -0.4 is 4.74 Å². The first-order chi connectivity index (χ1) is 11.4. The van der Waals surface area contributed by atoms with E-state index in [1.165, 1.54) is 0 Å². The summed E-state index contributed by atoms with van der Waals surface area (Å²) < 4.78 is 5.68. The second-order valence-electron chi connectivity index (χ2n) is 6.91. The van der Waals surface area contributed by atoms with Crippen molar-refractivity contribution in [1.82, 2.24) is 4.90 Å². The highest BCUT2D eigenvalue weighted by atomic mass is 16.5. The van der Waals surface area contributed by atoms with Gasteiger partial charge in [0.1, 0.15) is 5.75 Å². The van der Waals surface area contributed by atoms with Crippen molar-refractivity contribution >= 4 is 11.9 Å². The van der Waals surface area contributed by atoms with Crippen LogP contribution in [0, 0.1) is 12.3 Å². The summed E-state index contributed by atoms with van der Waals surface area (Å²) in [5, 5.41) is 9.32. The summed E-state index contributed by atoms with van der Waals surface area (Å²) in [7, 11) is 0.